The van der Waals surface area contributed by atoms with E-state index < -0.39 is 0 Å². The molecule has 0 saturated carbocycles. The molecular formula is C19H20FN7O. The largest absolute Gasteiger partial charge is 0.339 e. The van der Waals surface area contributed by atoms with Gasteiger partial charge in [-0.3, -0.25) is 4.79 Å². The minimum absolute atomic E-state index is 0.138. The molecule has 1 amide bonds. The number of aromatic nitrogens is 5. The fraction of sp³-hybridized carbons (Fsp3) is 0.316. The van der Waals surface area contributed by atoms with Crippen molar-refractivity contribution in [1.29, 1.82) is 0 Å². The lowest BCUT2D eigenvalue weighted by atomic mass is 10.2. The third-order valence-corrected chi connectivity index (χ3v) is 4.63. The lowest BCUT2D eigenvalue weighted by Gasteiger charge is -2.21. The smallest absolute Gasteiger partial charge is 0.276 e. The van der Waals surface area contributed by atoms with Gasteiger partial charge in [-0.2, -0.15) is 0 Å². The molecule has 3 aromatic rings. The monoisotopic (exact) mass is 381 g/mol. The summed E-state index contributed by atoms with van der Waals surface area (Å²) in [5, 5.41) is 8.05. The average molecular weight is 381 g/mol. The molecule has 3 heterocycles. The number of anilines is 1. The van der Waals surface area contributed by atoms with E-state index in [4.69, 9.17) is 0 Å². The minimum atomic E-state index is -0.283. The van der Waals surface area contributed by atoms with Crippen molar-refractivity contribution in [3.63, 3.8) is 0 Å². The van der Waals surface area contributed by atoms with E-state index in [0.29, 0.717) is 37.8 Å². The van der Waals surface area contributed by atoms with Crippen molar-refractivity contribution in [3.8, 4) is 0 Å². The Labute approximate surface area is 161 Å². The zero-order valence-corrected chi connectivity index (χ0v) is 15.3. The van der Waals surface area contributed by atoms with Crippen LogP contribution in [0.4, 0.5) is 10.3 Å². The number of carbonyl (C=O) groups is 1. The van der Waals surface area contributed by atoms with Crippen LogP contribution in [0.2, 0.25) is 0 Å². The van der Waals surface area contributed by atoms with E-state index in [1.54, 1.807) is 46.4 Å². The summed E-state index contributed by atoms with van der Waals surface area (Å²) >= 11 is 0. The lowest BCUT2D eigenvalue weighted by molar-refractivity contribution is 0.0761. The maximum atomic E-state index is 13.0. The van der Waals surface area contributed by atoms with Gasteiger partial charge in [0, 0.05) is 38.6 Å². The normalized spacial score (nSPS) is 14.8. The van der Waals surface area contributed by atoms with Crippen LogP contribution in [-0.4, -0.2) is 61.9 Å². The predicted octanol–water partition coefficient (Wildman–Crippen LogP) is 1.61. The standard InChI is InChI=1S/C19H20FN7O/c20-16-5-3-15(4-6-16)13-27-14-17(23-24-27)18(28)25-9-2-10-26(12-11-25)19-21-7-1-8-22-19/h1,3-8,14H,2,9-13H2. The second kappa shape index (κ2) is 8.12. The molecule has 1 aliphatic heterocycles. The lowest BCUT2D eigenvalue weighted by Crippen LogP contribution is -2.35. The molecule has 0 aliphatic carbocycles. The zero-order chi connectivity index (χ0) is 19.3. The van der Waals surface area contributed by atoms with Crippen molar-refractivity contribution in [2.24, 2.45) is 0 Å². The van der Waals surface area contributed by atoms with Gasteiger partial charge < -0.3 is 9.80 Å². The van der Waals surface area contributed by atoms with E-state index in [0.717, 1.165) is 18.5 Å². The van der Waals surface area contributed by atoms with Crippen LogP contribution < -0.4 is 4.90 Å². The fourth-order valence-corrected chi connectivity index (χ4v) is 3.19. The topological polar surface area (TPSA) is 80.0 Å². The first kappa shape index (κ1) is 18.0. The Morgan fingerprint density at radius 1 is 1.04 bits per heavy atom. The Bertz CT molecular complexity index is 929. The van der Waals surface area contributed by atoms with Crippen molar-refractivity contribution in [1.82, 2.24) is 29.9 Å². The van der Waals surface area contributed by atoms with Gasteiger partial charge in [0.1, 0.15) is 5.82 Å². The number of hydrogen-bond acceptors (Lipinski definition) is 6. The molecule has 0 N–H and O–H groups in total. The third-order valence-electron chi connectivity index (χ3n) is 4.63. The van der Waals surface area contributed by atoms with E-state index >= 15 is 0 Å². The fourth-order valence-electron chi connectivity index (χ4n) is 3.19. The maximum absolute atomic E-state index is 13.0. The van der Waals surface area contributed by atoms with Crippen molar-refractivity contribution < 1.29 is 9.18 Å². The Kier molecular flexibility index (Phi) is 5.22. The number of nitrogens with zero attached hydrogens (tertiary/aromatic N) is 7. The molecule has 9 heteroatoms. The molecule has 4 rings (SSSR count). The highest BCUT2D eigenvalue weighted by Gasteiger charge is 2.23. The molecule has 2 aromatic heterocycles. The number of benzene rings is 1. The Morgan fingerprint density at radius 2 is 1.82 bits per heavy atom. The molecule has 0 radical (unpaired) electrons. The van der Waals surface area contributed by atoms with Crippen LogP contribution in [0.3, 0.4) is 0 Å². The highest BCUT2D eigenvalue weighted by atomic mass is 19.1. The highest BCUT2D eigenvalue weighted by Crippen LogP contribution is 2.12. The quantitative estimate of drug-likeness (QED) is 0.683. The first-order valence-corrected chi connectivity index (χ1v) is 9.15. The molecule has 0 unspecified atom stereocenters. The van der Waals surface area contributed by atoms with Gasteiger partial charge in [-0.25, -0.2) is 19.0 Å². The summed E-state index contributed by atoms with van der Waals surface area (Å²) in [4.78, 5) is 25.3. The second-order valence-electron chi connectivity index (χ2n) is 6.61. The average Bonchev–Trinajstić information content (AvgIpc) is 3.05. The van der Waals surface area contributed by atoms with E-state index in [9.17, 15) is 9.18 Å². The van der Waals surface area contributed by atoms with Gasteiger partial charge in [-0.05, 0) is 30.2 Å². The number of amides is 1. The Hall–Kier alpha value is -3.36. The SMILES string of the molecule is O=C(c1cn(Cc2ccc(F)cc2)nn1)N1CCCN(c2ncccn2)CC1. The Morgan fingerprint density at radius 3 is 2.61 bits per heavy atom. The van der Waals surface area contributed by atoms with Gasteiger partial charge >= 0.3 is 0 Å². The predicted molar refractivity (Wildman–Crippen MR) is 100 cm³/mol. The summed E-state index contributed by atoms with van der Waals surface area (Å²) in [5.41, 5.74) is 1.20. The summed E-state index contributed by atoms with van der Waals surface area (Å²) < 4.78 is 14.6. The van der Waals surface area contributed by atoms with Crippen LogP contribution >= 0.6 is 0 Å². The van der Waals surface area contributed by atoms with E-state index in [1.165, 1.54) is 12.1 Å². The van der Waals surface area contributed by atoms with E-state index in [1.807, 2.05) is 0 Å². The maximum Gasteiger partial charge on any atom is 0.276 e. The number of rotatable bonds is 4. The molecule has 0 bridgehead atoms. The van der Waals surface area contributed by atoms with Gasteiger partial charge in [0.2, 0.25) is 5.95 Å². The molecule has 1 fully saturated rings. The first-order chi connectivity index (χ1) is 13.7. The molecule has 144 valence electrons. The minimum Gasteiger partial charge on any atom is -0.339 e. The van der Waals surface area contributed by atoms with Crippen molar-refractivity contribution in [2.45, 2.75) is 13.0 Å². The zero-order valence-electron chi connectivity index (χ0n) is 15.3. The molecule has 28 heavy (non-hydrogen) atoms. The summed E-state index contributed by atoms with van der Waals surface area (Å²) in [6, 6.07) is 7.96. The summed E-state index contributed by atoms with van der Waals surface area (Å²) in [6.45, 7) is 3.11. The molecule has 1 aromatic carbocycles. The molecule has 1 aliphatic rings. The van der Waals surface area contributed by atoms with Crippen LogP contribution in [0.1, 0.15) is 22.5 Å². The van der Waals surface area contributed by atoms with Gasteiger partial charge in [0.25, 0.3) is 5.91 Å². The van der Waals surface area contributed by atoms with Gasteiger partial charge in [-0.1, -0.05) is 17.3 Å². The van der Waals surface area contributed by atoms with E-state index in [2.05, 4.69) is 25.2 Å². The van der Waals surface area contributed by atoms with E-state index in [-0.39, 0.29) is 11.7 Å². The summed E-state index contributed by atoms with van der Waals surface area (Å²) in [7, 11) is 0. The highest BCUT2D eigenvalue weighted by molar-refractivity contribution is 5.92. The third kappa shape index (κ3) is 4.13. The summed E-state index contributed by atoms with van der Waals surface area (Å²) in [5.74, 6) is 0.262. The number of halogens is 1. The summed E-state index contributed by atoms with van der Waals surface area (Å²) in [6.07, 6.45) is 5.90. The van der Waals surface area contributed by atoms with Crippen LogP contribution in [0.25, 0.3) is 0 Å². The number of carbonyl (C=O) groups excluding carboxylic acids is 1. The van der Waals surface area contributed by atoms with Crippen molar-refractivity contribution >= 4 is 11.9 Å². The van der Waals surface area contributed by atoms with Crippen molar-refractivity contribution in [3.05, 3.63) is 66.0 Å². The molecule has 0 atom stereocenters. The van der Waals surface area contributed by atoms with Gasteiger partial charge in [0.05, 0.1) is 12.7 Å². The molecule has 0 spiro atoms. The van der Waals surface area contributed by atoms with Crippen LogP contribution in [-0.2, 0) is 6.54 Å². The molecular weight excluding hydrogens is 361 g/mol. The van der Waals surface area contributed by atoms with Crippen molar-refractivity contribution in [2.75, 3.05) is 31.1 Å². The first-order valence-electron chi connectivity index (χ1n) is 9.15. The second-order valence-corrected chi connectivity index (χ2v) is 6.61. The van der Waals surface area contributed by atoms with Crippen LogP contribution in [0, 0.1) is 5.82 Å². The van der Waals surface area contributed by atoms with Gasteiger partial charge in [-0.15, -0.1) is 5.10 Å². The van der Waals surface area contributed by atoms with Crippen LogP contribution in [0.15, 0.2) is 48.9 Å². The number of hydrogen-bond donors (Lipinski definition) is 0. The van der Waals surface area contributed by atoms with Gasteiger partial charge in [0.15, 0.2) is 5.69 Å². The van der Waals surface area contributed by atoms with Crippen LogP contribution in [0.5, 0.6) is 0 Å². The Balaban J connectivity index is 1.39. The molecule has 1 saturated heterocycles. The molecule has 8 nitrogen and oxygen atoms in total.